The lowest BCUT2D eigenvalue weighted by Crippen LogP contribution is -2.40. The highest BCUT2D eigenvalue weighted by atomic mass is 16.7. The van der Waals surface area contributed by atoms with E-state index in [-0.39, 0.29) is 38.2 Å². The Morgan fingerprint density at radius 1 is 0.313 bits per heavy atom. The quantitative estimate of drug-likeness (QED) is 0.0211. The van der Waals surface area contributed by atoms with E-state index in [4.69, 9.17) is 18.9 Å². The Bertz CT molecular complexity index is 1820. The van der Waals surface area contributed by atoms with Gasteiger partial charge >= 0.3 is 17.9 Å². The molecule has 0 aromatic rings. The Hall–Kier alpha value is -3.01. The molecule has 580 valence electrons. The Morgan fingerprint density at radius 3 is 0.859 bits per heavy atom. The van der Waals surface area contributed by atoms with Crippen LogP contribution in [0.1, 0.15) is 438 Å². The molecule has 0 rings (SSSR count). The Kier molecular flexibility index (Phi) is 78.2. The summed E-state index contributed by atoms with van der Waals surface area (Å²) in [6.07, 6.45) is 106. The van der Waals surface area contributed by atoms with Crippen molar-refractivity contribution >= 4 is 17.9 Å². The van der Waals surface area contributed by atoms with Crippen LogP contribution in [0.4, 0.5) is 0 Å². The molecule has 0 saturated heterocycles. The molecule has 9 nitrogen and oxygen atoms in total. The summed E-state index contributed by atoms with van der Waals surface area (Å²) >= 11 is 0. The van der Waals surface area contributed by atoms with Crippen molar-refractivity contribution in [3.63, 3.8) is 0 Å². The minimum atomic E-state index is -1.51. The van der Waals surface area contributed by atoms with Crippen LogP contribution in [0, 0.1) is 0 Å². The molecule has 9 heteroatoms. The van der Waals surface area contributed by atoms with Gasteiger partial charge in [0.1, 0.15) is 13.2 Å². The lowest BCUT2D eigenvalue weighted by Gasteiger charge is -2.25. The minimum absolute atomic E-state index is 0.175. The molecule has 0 radical (unpaired) electrons. The van der Waals surface area contributed by atoms with Gasteiger partial charge in [0.15, 0.2) is 6.10 Å². The number of unbranched alkanes of at least 4 members (excludes halogenated alkanes) is 57. The first-order valence-electron chi connectivity index (χ1n) is 43.5. The van der Waals surface area contributed by atoms with Gasteiger partial charge in [0.2, 0.25) is 0 Å². The highest BCUT2D eigenvalue weighted by molar-refractivity contribution is 5.71. The molecule has 1 N–H and O–H groups in total. The number of nitrogens with zero attached hydrogens (tertiary/aromatic N) is 1. The summed E-state index contributed by atoms with van der Waals surface area (Å²) in [5.74, 6) is -1.97. The number of likely N-dealkylation sites (N-methyl/N-ethyl adjacent to an activating group) is 1. The second kappa shape index (κ2) is 80.7. The summed E-state index contributed by atoms with van der Waals surface area (Å²) in [5, 5.41) is 9.79. The molecule has 0 aliphatic carbocycles. The van der Waals surface area contributed by atoms with E-state index < -0.39 is 18.4 Å². The van der Waals surface area contributed by atoms with Crippen LogP contribution in [0.15, 0.2) is 60.8 Å². The summed E-state index contributed by atoms with van der Waals surface area (Å²) in [6.45, 7) is 4.85. The van der Waals surface area contributed by atoms with Crippen LogP contribution in [0.5, 0.6) is 0 Å². The van der Waals surface area contributed by atoms with Crippen LogP contribution in [0.2, 0.25) is 0 Å². The van der Waals surface area contributed by atoms with Crippen molar-refractivity contribution in [2.75, 3.05) is 47.5 Å². The number of carbonyl (C=O) groups excluding carboxylic acids is 2. The van der Waals surface area contributed by atoms with E-state index in [0.717, 1.165) is 70.6 Å². The van der Waals surface area contributed by atoms with Crippen molar-refractivity contribution in [2.24, 2.45) is 0 Å². The predicted octanol–water partition coefficient (Wildman–Crippen LogP) is 28.2. The van der Waals surface area contributed by atoms with Gasteiger partial charge < -0.3 is 28.5 Å². The van der Waals surface area contributed by atoms with Crippen LogP contribution in [-0.4, -0.2) is 87.4 Å². The van der Waals surface area contributed by atoms with E-state index in [1.54, 1.807) is 0 Å². The molecular weight excluding hydrogens is 1220 g/mol. The first-order chi connectivity index (χ1) is 48.6. The average Bonchev–Trinajstić information content (AvgIpc) is 2.62. The van der Waals surface area contributed by atoms with E-state index >= 15 is 0 Å². The molecule has 0 spiro atoms. The van der Waals surface area contributed by atoms with Crippen molar-refractivity contribution in [3.8, 4) is 0 Å². The van der Waals surface area contributed by atoms with Gasteiger partial charge in [-0.2, -0.15) is 0 Å². The largest absolute Gasteiger partial charge is 0.477 e. The molecule has 0 aliphatic rings. The van der Waals surface area contributed by atoms with E-state index in [9.17, 15) is 19.5 Å². The van der Waals surface area contributed by atoms with Crippen LogP contribution < -0.4 is 0 Å². The number of aliphatic carboxylic acids is 1. The first kappa shape index (κ1) is 96.0. The molecule has 0 aromatic heterocycles. The number of carboxylic acids is 1. The van der Waals surface area contributed by atoms with E-state index in [1.165, 1.54) is 340 Å². The van der Waals surface area contributed by atoms with Gasteiger partial charge in [-0.15, -0.1) is 0 Å². The molecule has 0 saturated carbocycles. The Balaban J connectivity index is 3.91. The zero-order chi connectivity index (χ0) is 71.8. The average molecular weight is 1390 g/mol. The molecule has 0 aromatic carbocycles. The van der Waals surface area contributed by atoms with Crippen molar-refractivity contribution in [3.05, 3.63) is 60.8 Å². The predicted molar refractivity (Wildman–Crippen MR) is 429 cm³/mol. The van der Waals surface area contributed by atoms with Gasteiger partial charge in [-0.1, -0.05) is 428 Å². The highest BCUT2D eigenvalue weighted by Gasteiger charge is 2.25. The van der Waals surface area contributed by atoms with Gasteiger partial charge in [0, 0.05) is 12.8 Å². The fraction of sp³-hybridized carbons (Fsp3) is 0.856. The van der Waals surface area contributed by atoms with Gasteiger partial charge in [-0.3, -0.25) is 9.59 Å². The molecule has 0 aliphatic heterocycles. The number of carbonyl (C=O) groups is 3. The monoisotopic (exact) mass is 1390 g/mol. The van der Waals surface area contributed by atoms with Crippen LogP contribution in [-0.2, 0) is 33.3 Å². The Morgan fingerprint density at radius 2 is 0.576 bits per heavy atom. The number of rotatable bonds is 82. The summed E-state index contributed by atoms with van der Waals surface area (Å²) in [4.78, 5) is 37.8. The number of ether oxygens (including phenoxy) is 4. The van der Waals surface area contributed by atoms with Crippen molar-refractivity contribution in [2.45, 2.75) is 450 Å². The van der Waals surface area contributed by atoms with Crippen molar-refractivity contribution < 1.29 is 42.9 Å². The lowest BCUT2D eigenvalue weighted by atomic mass is 10.0. The lowest BCUT2D eigenvalue weighted by molar-refractivity contribution is -0.870. The van der Waals surface area contributed by atoms with Gasteiger partial charge in [0.25, 0.3) is 6.29 Å². The van der Waals surface area contributed by atoms with Crippen LogP contribution >= 0.6 is 0 Å². The van der Waals surface area contributed by atoms with Gasteiger partial charge in [-0.05, 0) is 57.8 Å². The standard InChI is InChI=1S/C90H167NO8/c1-6-8-10-12-14-16-18-20-22-24-26-28-30-32-34-36-38-40-41-42-43-44-45-46-47-49-51-53-55-57-59-61-63-65-67-69-71-73-75-77-79-81-88(93)99-86(85-98-90(89(94)95)96-83-82-91(3,4)5)84-97-87(92)80-78-76-74-72-70-68-66-64-62-60-58-56-54-52-50-48-39-37-35-33-31-29-27-25-23-21-19-17-15-13-11-9-7-2/h8,10,14,16,20,22,26,28,32,34,86,90H,6-7,9,11-13,15,17-19,21,23-25,27,29-31,33,35-85H2,1-5H3/p+1/b10-8-,16-14-,22-20-,28-26-,34-32-. The van der Waals surface area contributed by atoms with Gasteiger partial charge in [0.05, 0.1) is 34.4 Å². The third-order valence-electron chi connectivity index (χ3n) is 19.8. The second-order valence-electron chi connectivity index (χ2n) is 30.8. The summed E-state index contributed by atoms with van der Waals surface area (Å²) < 4.78 is 23.1. The van der Waals surface area contributed by atoms with E-state index in [2.05, 4.69) is 74.6 Å². The molecule has 2 unspecified atom stereocenters. The number of carboxylic acid groups (broad SMARTS) is 1. The molecule has 0 heterocycles. The summed E-state index contributed by atoms with van der Waals surface area (Å²) in [6, 6.07) is 0. The fourth-order valence-electron chi connectivity index (χ4n) is 13.2. The smallest absolute Gasteiger partial charge is 0.361 e. The van der Waals surface area contributed by atoms with Crippen LogP contribution in [0.3, 0.4) is 0 Å². The zero-order valence-corrected chi connectivity index (χ0v) is 66.7. The molecule has 0 amide bonds. The van der Waals surface area contributed by atoms with Gasteiger partial charge in [-0.25, -0.2) is 4.79 Å². The fourth-order valence-corrected chi connectivity index (χ4v) is 13.2. The number of hydrogen-bond donors (Lipinski definition) is 1. The maximum Gasteiger partial charge on any atom is 0.361 e. The highest BCUT2D eigenvalue weighted by Crippen LogP contribution is 2.21. The molecule has 2 atom stereocenters. The molecule has 0 bridgehead atoms. The summed E-state index contributed by atoms with van der Waals surface area (Å²) in [5.41, 5.74) is 0. The minimum Gasteiger partial charge on any atom is -0.477 e. The number of hydrogen-bond acceptors (Lipinski definition) is 7. The molecular formula is C90H168NO8+. The van der Waals surface area contributed by atoms with Crippen LogP contribution in [0.25, 0.3) is 0 Å². The molecule has 99 heavy (non-hydrogen) atoms. The number of quaternary nitrogens is 1. The SMILES string of the molecule is CC/C=C\C/C=C\C/C=C\C/C=C\C/C=C\CCCCCCCCCCCCCCCCCCCCCCCCCCCC(=O)OC(COC(=O)CCCCCCCCCCCCCCCCCCCCCCCCCCCCCCCCCCC)COC(OCC[N+](C)(C)C)C(=O)O. The van der Waals surface area contributed by atoms with Crippen molar-refractivity contribution in [1.29, 1.82) is 0 Å². The first-order valence-corrected chi connectivity index (χ1v) is 43.5. The normalized spacial score (nSPS) is 12.9. The third kappa shape index (κ3) is 82.2. The van der Waals surface area contributed by atoms with E-state index in [1.807, 2.05) is 21.1 Å². The maximum atomic E-state index is 13.0. The third-order valence-corrected chi connectivity index (χ3v) is 19.8. The second-order valence-corrected chi connectivity index (χ2v) is 30.8. The maximum absolute atomic E-state index is 13.0. The Labute approximate surface area is 615 Å². The van der Waals surface area contributed by atoms with Crippen molar-refractivity contribution in [1.82, 2.24) is 0 Å². The molecule has 0 fully saturated rings. The number of esters is 2. The topological polar surface area (TPSA) is 108 Å². The zero-order valence-electron chi connectivity index (χ0n) is 66.7. The van der Waals surface area contributed by atoms with E-state index in [0.29, 0.717) is 17.4 Å². The summed E-state index contributed by atoms with van der Waals surface area (Å²) in [7, 11) is 6.00. The number of allylic oxidation sites excluding steroid dienone is 10.